The van der Waals surface area contributed by atoms with Crippen LogP contribution in [0.3, 0.4) is 0 Å². The highest BCUT2D eigenvalue weighted by atomic mass is 33.1. The topological polar surface area (TPSA) is 586 Å². The van der Waals surface area contributed by atoms with Crippen molar-refractivity contribution in [2.45, 2.75) is 139 Å². The number of nitrogens with one attached hydrogen (secondary N) is 7. The van der Waals surface area contributed by atoms with Crippen molar-refractivity contribution in [2.24, 2.45) is 16.5 Å². The van der Waals surface area contributed by atoms with E-state index in [1.165, 1.54) is 41.3 Å². The number of anilines is 2. The van der Waals surface area contributed by atoms with Gasteiger partial charge in [-0.25, -0.2) is 34.1 Å². The number of aliphatic carboxylic acids is 4. The normalized spacial score (nSPS) is 14.6. The van der Waals surface area contributed by atoms with Gasteiger partial charge in [0.15, 0.2) is 22.7 Å². The van der Waals surface area contributed by atoms with Gasteiger partial charge in [-0.2, -0.15) is 4.98 Å². The molecule has 3 aromatic carbocycles. The van der Waals surface area contributed by atoms with E-state index < -0.39 is 133 Å². The first-order valence-corrected chi connectivity index (χ1v) is 35.4. The number of nitrogen functional groups attached to an aromatic ring is 1. The monoisotopic (exact) mass is 1520 g/mol. The number of carboxylic acid groups (broad SMARTS) is 4. The highest BCUT2D eigenvalue weighted by Crippen LogP contribution is 2.41. The van der Waals surface area contributed by atoms with Gasteiger partial charge in [0.2, 0.25) is 29.6 Å². The molecule has 39 heteroatoms. The molecule has 0 radical (unpaired) electrons. The maximum atomic E-state index is 13.7. The summed E-state index contributed by atoms with van der Waals surface area (Å²) in [6.45, 7) is 7.63. The molecule has 0 saturated heterocycles. The van der Waals surface area contributed by atoms with E-state index in [-0.39, 0.29) is 96.6 Å². The number of guanidine groups is 1. The quantitative estimate of drug-likeness (QED) is 0.00696. The average molecular weight is 1520 g/mol. The van der Waals surface area contributed by atoms with E-state index in [9.17, 15) is 87.9 Å². The number of nitrogens with two attached hydrogens (primary N) is 3. The number of fused-ring (bicyclic) bond motifs is 6. The highest BCUT2D eigenvalue weighted by Gasteiger charge is 2.46. The second-order valence-electron chi connectivity index (χ2n) is 24.1. The lowest BCUT2D eigenvalue weighted by atomic mass is 9.86. The molecule has 0 aliphatic carbocycles. The van der Waals surface area contributed by atoms with E-state index in [0.29, 0.717) is 47.0 Å². The van der Waals surface area contributed by atoms with Gasteiger partial charge in [-0.05, 0) is 112 Å². The number of amides is 5. The van der Waals surface area contributed by atoms with Crippen molar-refractivity contribution in [3.63, 3.8) is 0 Å². The fourth-order valence-electron chi connectivity index (χ4n) is 11.2. The molecule has 566 valence electrons. The number of hydrogen-bond acceptors (Lipinski definition) is 26. The predicted molar refractivity (Wildman–Crippen MR) is 385 cm³/mol. The van der Waals surface area contributed by atoms with Crippen molar-refractivity contribution < 1.29 is 92.5 Å². The van der Waals surface area contributed by atoms with Gasteiger partial charge in [-0.1, -0.05) is 53.1 Å². The van der Waals surface area contributed by atoms with E-state index in [2.05, 4.69) is 56.8 Å². The van der Waals surface area contributed by atoms with Gasteiger partial charge in [0.05, 0.1) is 66.9 Å². The first-order chi connectivity index (χ1) is 50.9. The number of H-pyrrole nitrogens is 1. The summed E-state index contributed by atoms with van der Waals surface area (Å²) >= 11 is 0. The Balaban J connectivity index is 0.000000349. The van der Waals surface area contributed by atoms with Crippen molar-refractivity contribution in [1.82, 2.24) is 56.1 Å². The Morgan fingerprint density at radius 1 is 0.766 bits per heavy atom. The molecule has 4 unspecified atom stereocenters. The second kappa shape index (κ2) is 36.4. The fraction of sp³-hybridized carbons (Fsp3) is 0.353. The summed E-state index contributed by atoms with van der Waals surface area (Å²) in [6, 6.07) is 11.3. The molecule has 18 N–H and O–H groups in total. The fourth-order valence-corrected chi connectivity index (χ4v) is 13.3. The minimum absolute atomic E-state index is 0.0246. The molecule has 0 bridgehead atoms. The number of cyclic esters (lactones) is 1. The Morgan fingerprint density at radius 3 is 2.06 bits per heavy atom. The number of hydrogen-bond donors (Lipinski definition) is 15. The molecule has 107 heavy (non-hydrogen) atoms. The molecular formula is C68H76N16O21S2. The molecule has 6 atom stereocenters. The minimum Gasteiger partial charge on any atom is -0.481 e. The Bertz CT molecular complexity index is 4750. The summed E-state index contributed by atoms with van der Waals surface area (Å²) < 4.78 is 16.9. The number of benzene rings is 3. The van der Waals surface area contributed by atoms with Gasteiger partial charge < -0.3 is 93.4 Å². The van der Waals surface area contributed by atoms with Gasteiger partial charge in [0, 0.05) is 51.4 Å². The lowest BCUT2D eigenvalue weighted by Crippen LogP contribution is -2.58. The van der Waals surface area contributed by atoms with Crippen LogP contribution in [0, 0.1) is 6.92 Å². The third-order valence-corrected chi connectivity index (χ3v) is 19.0. The summed E-state index contributed by atoms with van der Waals surface area (Å²) in [5, 5.41) is 64.9. The summed E-state index contributed by atoms with van der Waals surface area (Å²) in [6.07, 6.45) is -2.25. The van der Waals surface area contributed by atoms with Crippen LogP contribution in [0.15, 0.2) is 98.5 Å². The smallest absolute Gasteiger partial charge is 0.481 e. The first kappa shape index (κ1) is 80.4. The van der Waals surface area contributed by atoms with Crippen LogP contribution >= 0.6 is 21.6 Å². The van der Waals surface area contributed by atoms with Crippen molar-refractivity contribution in [3.05, 3.63) is 139 Å². The number of aromatic nitrogens is 6. The van der Waals surface area contributed by atoms with Crippen LogP contribution < -0.4 is 65.0 Å². The molecule has 9 rings (SSSR count). The van der Waals surface area contributed by atoms with E-state index in [0.717, 1.165) is 37.8 Å². The Hall–Kier alpha value is -12.3. The van der Waals surface area contributed by atoms with Gasteiger partial charge >= 0.3 is 36.0 Å². The van der Waals surface area contributed by atoms with Crippen LogP contribution in [0.5, 0.6) is 5.75 Å². The minimum atomic E-state index is -1.89. The number of esters is 1. The van der Waals surface area contributed by atoms with E-state index in [4.69, 9.17) is 36.4 Å². The predicted octanol–water partition coefficient (Wildman–Crippen LogP) is 1.82. The summed E-state index contributed by atoms with van der Waals surface area (Å²) in [5.74, 6) is -12.6. The average Bonchev–Trinajstić information content (AvgIpc) is 1.60. The molecule has 37 nitrogen and oxygen atoms in total. The molecule has 2 aliphatic rings. The maximum Gasteiger partial charge on any atom is 0.513 e. The van der Waals surface area contributed by atoms with Crippen LogP contribution in [0.4, 0.5) is 16.4 Å². The number of aliphatic imine (C=N–C) groups is 1. The van der Waals surface area contributed by atoms with E-state index in [1.54, 1.807) is 42.7 Å². The third-order valence-electron chi connectivity index (χ3n) is 16.6. The number of ether oxygens (including phenoxy) is 3. The van der Waals surface area contributed by atoms with Gasteiger partial charge in [0.25, 0.3) is 17.0 Å². The summed E-state index contributed by atoms with van der Waals surface area (Å²) in [7, 11) is 2.32. The van der Waals surface area contributed by atoms with Crippen molar-refractivity contribution in [1.29, 1.82) is 0 Å². The Kier molecular flexibility index (Phi) is 27.4. The highest BCUT2D eigenvalue weighted by molar-refractivity contribution is 8.76. The van der Waals surface area contributed by atoms with Crippen LogP contribution in [0.1, 0.15) is 110 Å². The largest absolute Gasteiger partial charge is 0.513 e. The molecule has 5 amide bonds. The SMILES string of the molecule is CCOC(=O)Oc1ccc2nc3c(c(CC)c2c1)Cn1c-3cc2c(c1=O)COC(=O)[C@]2(O)CC.Cc1ccc(SSC[C@H](NC(=O)C(CC(=O)O)NC(=O)C(CCCN=C(N)N)NC(=O)C(CC(=O)O)NC(=O)CCC(NC(=O)c2ccc(NCc3cnc4nc(N)[nH]c(=O)c4n3)cc2)C(=O)O)C(=O)O)cc1. The standard InChI is InChI=1S/C43H52N14O14S2.C25H24N2O7/c1-20-4-10-24(11-5-20)73-72-19-29(41(70)71)55-38(66)28(16-32(61)62)54-36(64)25(3-2-14-47-42(44)45)52-37(65)27(15-31(59)60)51-30(58)13-12-26(40(68)69)53-35(63)21-6-8-22(9-7-21)48-17-23-18-49-34-33(50-23)39(67)57-43(46)56-34;1-4-14-15-9-13(34-24(30)32-6-3)7-8-19(15)26-21-16(14)11-27-20(21)10-18-17(22(27)28)12-33-23(29)25(18,31)5-2/h4-11,18,25-29,48H,2-3,12-17,19H2,1H3,(H,51,58)(H,52,65)(H,53,63)(H,54,64)(H,55,66)(H,59,60)(H,61,62)(H,68,69)(H,70,71)(H4,44,45,47)(H3,46,49,56,57,67);7-10,31H,4-6,11-12H2,1-3H3/t25?,26?,27?,28?,29-;25-/m00/s1. The molecule has 6 heterocycles. The maximum absolute atomic E-state index is 13.7. The van der Waals surface area contributed by atoms with Crippen molar-refractivity contribution in [2.75, 3.05) is 30.0 Å². The van der Waals surface area contributed by atoms with Gasteiger partial charge in [0.1, 0.15) is 42.6 Å². The van der Waals surface area contributed by atoms with Crippen molar-refractivity contribution in [3.8, 4) is 17.1 Å². The molecule has 0 spiro atoms. The lowest BCUT2D eigenvalue weighted by Gasteiger charge is -2.31. The van der Waals surface area contributed by atoms with Crippen LogP contribution in [-0.2, 0) is 84.3 Å². The van der Waals surface area contributed by atoms with Crippen molar-refractivity contribution >= 4 is 127 Å². The van der Waals surface area contributed by atoms with E-state index in [1.807, 2.05) is 38.1 Å². The number of nitrogens with zero attached hydrogens (tertiary/aromatic N) is 6. The number of carbonyl (C=O) groups is 11. The molecule has 0 saturated carbocycles. The second-order valence-corrected chi connectivity index (χ2v) is 26.5. The zero-order valence-electron chi connectivity index (χ0n) is 57.8. The van der Waals surface area contributed by atoms with Crippen LogP contribution in [0.25, 0.3) is 33.5 Å². The number of aromatic amines is 1. The summed E-state index contributed by atoms with van der Waals surface area (Å²) in [4.78, 5) is 188. The van der Waals surface area contributed by atoms with E-state index >= 15 is 0 Å². The zero-order chi connectivity index (χ0) is 78.0. The van der Waals surface area contributed by atoms with Crippen LogP contribution in [-0.4, -0.2) is 176 Å². The lowest BCUT2D eigenvalue weighted by molar-refractivity contribution is -0.172. The first-order valence-electron chi connectivity index (χ1n) is 33.0. The number of carbonyl (C=O) groups excluding carboxylic acids is 7. The molecule has 0 fully saturated rings. The Labute approximate surface area is 614 Å². The third kappa shape index (κ3) is 21.0. The molecular weight excluding hydrogens is 1440 g/mol. The Morgan fingerprint density at radius 2 is 1.42 bits per heavy atom. The summed E-state index contributed by atoms with van der Waals surface area (Å²) in [5.41, 5.74) is 19.8. The van der Waals surface area contributed by atoms with Gasteiger partial charge in [-0.15, -0.1) is 0 Å². The number of pyridine rings is 2. The molecule has 4 aromatic heterocycles. The number of aryl methyl sites for hydroxylation is 2. The van der Waals surface area contributed by atoms with Crippen LogP contribution in [0.2, 0.25) is 0 Å². The number of aliphatic hydroxyl groups is 1. The number of carboxylic acids is 4. The number of rotatable bonds is 33. The molecule has 2 aliphatic heterocycles. The van der Waals surface area contributed by atoms with Gasteiger partial charge in [-0.3, -0.25) is 53.1 Å². The zero-order valence-corrected chi connectivity index (χ0v) is 59.4. The molecule has 7 aromatic rings.